The van der Waals surface area contributed by atoms with E-state index in [1.165, 1.54) is 24.0 Å². The van der Waals surface area contributed by atoms with Crippen molar-refractivity contribution in [1.82, 2.24) is 15.5 Å². The van der Waals surface area contributed by atoms with Crippen LogP contribution in [0.5, 0.6) is 5.75 Å². The number of likely N-dealkylation sites (tertiary alicyclic amines) is 1. The number of hydrogen-bond donors (Lipinski definition) is 6. The predicted molar refractivity (Wildman–Crippen MR) is 146 cm³/mol. The molecule has 39 heavy (non-hydrogen) atoms. The lowest BCUT2D eigenvalue weighted by Gasteiger charge is -2.29. The number of aliphatic hydroxyl groups is 1. The van der Waals surface area contributed by atoms with Crippen LogP contribution >= 0.6 is 11.6 Å². The molecule has 2 rings (SSSR count). The molecule has 0 aromatic heterocycles. The maximum absolute atomic E-state index is 13.1. The zero-order valence-electron chi connectivity index (χ0n) is 22.4. The molecule has 0 spiro atoms. The Morgan fingerprint density at radius 1 is 1.08 bits per heavy atom. The van der Waals surface area contributed by atoms with Gasteiger partial charge in [-0.1, -0.05) is 37.8 Å². The first-order chi connectivity index (χ1) is 18.5. The SMILES string of the molecule is CC(NC(=O)C(O)C(N)CCCCCCCCl)C(=O)N1CCCC1C(=O)NC(Cc1ccc(O)cc1)C(=O)O. The zero-order valence-corrected chi connectivity index (χ0v) is 23.1. The third-order valence-electron chi connectivity index (χ3n) is 6.90. The minimum absolute atomic E-state index is 0.0000434. The standard InChI is InChI=1S/C27H41ClN4O7/c1-17(30-25(36)23(34)20(29)8-5-3-2-4-6-14-28)26(37)32-15-7-9-22(32)24(35)31-21(27(38)39)16-18-10-12-19(33)13-11-18/h10-13,17,20-23,33-34H,2-9,14-16,29H2,1H3,(H,30,36)(H,31,35)(H,38,39). The number of aliphatic hydroxyl groups excluding tert-OH is 1. The van der Waals surface area contributed by atoms with Crippen LogP contribution in [0.2, 0.25) is 0 Å². The molecule has 1 aliphatic heterocycles. The number of rotatable bonds is 16. The number of unbranched alkanes of at least 4 members (excludes halogenated alkanes) is 4. The average Bonchev–Trinajstić information content (AvgIpc) is 3.40. The summed E-state index contributed by atoms with van der Waals surface area (Å²) in [6, 6.07) is 2.09. The van der Waals surface area contributed by atoms with Crippen LogP contribution in [0, 0.1) is 0 Å². The van der Waals surface area contributed by atoms with Crippen LogP contribution in [-0.4, -0.2) is 86.6 Å². The molecule has 5 unspecified atom stereocenters. The molecule has 3 amide bonds. The number of benzene rings is 1. The van der Waals surface area contributed by atoms with E-state index in [0.29, 0.717) is 30.7 Å². The number of amides is 3. The Balaban J connectivity index is 1.89. The van der Waals surface area contributed by atoms with Gasteiger partial charge in [0, 0.05) is 24.9 Å². The maximum Gasteiger partial charge on any atom is 0.326 e. The fourth-order valence-corrected chi connectivity index (χ4v) is 4.79. The molecule has 1 aliphatic rings. The molecule has 218 valence electrons. The van der Waals surface area contributed by atoms with Crippen LogP contribution in [0.3, 0.4) is 0 Å². The monoisotopic (exact) mass is 568 g/mol. The number of aliphatic carboxylic acids is 1. The quantitative estimate of drug-likeness (QED) is 0.127. The van der Waals surface area contributed by atoms with Crippen molar-refractivity contribution in [2.24, 2.45) is 5.73 Å². The molecule has 1 heterocycles. The Morgan fingerprint density at radius 2 is 1.72 bits per heavy atom. The summed E-state index contributed by atoms with van der Waals surface area (Å²) in [6.45, 7) is 1.74. The van der Waals surface area contributed by atoms with Gasteiger partial charge in [-0.3, -0.25) is 14.4 Å². The number of carboxylic acid groups (broad SMARTS) is 1. The Morgan fingerprint density at radius 3 is 2.36 bits per heavy atom. The fraction of sp³-hybridized carbons (Fsp3) is 0.630. The van der Waals surface area contributed by atoms with Gasteiger partial charge in [-0.2, -0.15) is 0 Å². The number of carbonyl (C=O) groups excluding carboxylic acids is 3. The molecule has 12 heteroatoms. The van der Waals surface area contributed by atoms with Gasteiger partial charge in [-0.05, 0) is 50.3 Å². The summed E-state index contributed by atoms with van der Waals surface area (Å²) >= 11 is 5.66. The summed E-state index contributed by atoms with van der Waals surface area (Å²) in [6.07, 6.45) is 4.53. The molecular weight excluding hydrogens is 528 g/mol. The van der Waals surface area contributed by atoms with Crippen LogP contribution in [0.25, 0.3) is 0 Å². The fourth-order valence-electron chi connectivity index (χ4n) is 4.61. The molecule has 0 saturated carbocycles. The molecule has 1 saturated heterocycles. The van der Waals surface area contributed by atoms with Gasteiger partial charge in [0.05, 0.1) is 0 Å². The normalized spacial score (nSPS) is 18.2. The third kappa shape index (κ3) is 10.3. The number of carboxylic acids is 1. The Hall–Kier alpha value is -2.89. The van der Waals surface area contributed by atoms with Crippen molar-refractivity contribution in [3.8, 4) is 5.75 Å². The van der Waals surface area contributed by atoms with Crippen molar-refractivity contribution in [2.45, 2.75) is 95.0 Å². The number of nitrogens with two attached hydrogens (primary N) is 1. The Kier molecular flexibility index (Phi) is 13.5. The number of alkyl halides is 1. The number of phenolic OH excluding ortho intramolecular Hbond substituents is 1. The van der Waals surface area contributed by atoms with Crippen LogP contribution in [0.15, 0.2) is 24.3 Å². The number of phenols is 1. The van der Waals surface area contributed by atoms with Crippen LogP contribution in [0.4, 0.5) is 0 Å². The second kappa shape index (κ2) is 16.3. The van der Waals surface area contributed by atoms with Gasteiger partial charge < -0.3 is 36.6 Å². The highest BCUT2D eigenvalue weighted by Crippen LogP contribution is 2.20. The van der Waals surface area contributed by atoms with Gasteiger partial charge in [0.25, 0.3) is 5.91 Å². The number of halogens is 1. The van der Waals surface area contributed by atoms with E-state index in [0.717, 1.165) is 32.1 Å². The van der Waals surface area contributed by atoms with Gasteiger partial charge >= 0.3 is 5.97 Å². The summed E-state index contributed by atoms with van der Waals surface area (Å²) < 4.78 is 0. The predicted octanol–water partition coefficient (Wildman–Crippen LogP) is 1.27. The summed E-state index contributed by atoms with van der Waals surface area (Å²) in [4.78, 5) is 51.7. The van der Waals surface area contributed by atoms with E-state index >= 15 is 0 Å². The second-order valence-electron chi connectivity index (χ2n) is 10.0. The molecule has 1 fully saturated rings. The number of nitrogens with one attached hydrogen (secondary N) is 2. The zero-order chi connectivity index (χ0) is 28.9. The number of aromatic hydroxyl groups is 1. The maximum atomic E-state index is 13.1. The van der Waals surface area contributed by atoms with E-state index in [9.17, 15) is 34.5 Å². The highest BCUT2D eigenvalue weighted by Gasteiger charge is 2.38. The van der Waals surface area contributed by atoms with E-state index in [1.807, 2.05) is 0 Å². The lowest BCUT2D eigenvalue weighted by molar-refractivity contribution is -0.145. The first kappa shape index (κ1) is 32.3. The molecule has 0 bridgehead atoms. The second-order valence-corrected chi connectivity index (χ2v) is 10.4. The van der Waals surface area contributed by atoms with Gasteiger partial charge in [0.1, 0.15) is 30.0 Å². The lowest BCUT2D eigenvalue weighted by atomic mass is 10.0. The first-order valence-electron chi connectivity index (χ1n) is 13.5. The van der Waals surface area contributed by atoms with Crippen LogP contribution in [0.1, 0.15) is 63.9 Å². The summed E-state index contributed by atoms with van der Waals surface area (Å²) in [5, 5.41) is 34.4. The van der Waals surface area contributed by atoms with Crippen molar-refractivity contribution in [2.75, 3.05) is 12.4 Å². The van der Waals surface area contributed by atoms with Gasteiger partial charge in [0.2, 0.25) is 11.8 Å². The van der Waals surface area contributed by atoms with Gasteiger partial charge in [-0.15, -0.1) is 11.6 Å². The molecule has 1 aromatic carbocycles. The first-order valence-corrected chi connectivity index (χ1v) is 14.0. The number of carbonyl (C=O) groups is 4. The van der Waals surface area contributed by atoms with Crippen molar-refractivity contribution in [3.63, 3.8) is 0 Å². The summed E-state index contributed by atoms with van der Waals surface area (Å²) in [7, 11) is 0. The topological polar surface area (TPSA) is 182 Å². The number of nitrogens with zero attached hydrogens (tertiary/aromatic N) is 1. The highest BCUT2D eigenvalue weighted by molar-refractivity contribution is 6.17. The highest BCUT2D eigenvalue weighted by atomic mass is 35.5. The molecule has 11 nitrogen and oxygen atoms in total. The number of hydrogen-bond acceptors (Lipinski definition) is 7. The lowest BCUT2D eigenvalue weighted by Crippen LogP contribution is -2.56. The Labute approximate surface area is 234 Å². The van der Waals surface area contributed by atoms with Crippen molar-refractivity contribution in [3.05, 3.63) is 29.8 Å². The van der Waals surface area contributed by atoms with E-state index in [1.54, 1.807) is 12.1 Å². The average molecular weight is 569 g/mol. The van der Waals surface area contributed by atoms with Crippen LogP contribution in [-0.2, 0) is 25.6 Å². The van der Waals surface area contributed by atoms with Crippen molar-refractivity contribution >= 4 is 35.3 Å². The molecule has 7 N–H and O–H groups in total. The summed E-state index contributed by atoms with van der Waals surface area (Å²) in [5.74, 6) is -2.43. The molecule has 0 radical (unpaired) electrons. The molecular formula is C27H41ClN4O7. The van der Waals surface area contributed by atoms with E-state index in [4.69, 9.17) is 17.3 Å². The van der Waals surface area contributed by atoms with Gasteiger partial charge in [0.15, 0.2) is 0 Å². The molecule has 0 aliphatic carbocycles. The van der Waals surface area contributed by atoms with Crippen molar-refractivity contribution < 1.29 is 34.5 Å². The smallest absolute Gasteiger partial charge is 0.326 e. The van der Waals surface area contributed by atoms with E-state index in [-0.39, 0.29) is 18.7 Å². The van der Waals surface area contributed by atoms with E-state index < -0.39 is 54.0 Å². The minimum Gasteiger partial charge on any atom is -0.508 e. The molecule has 5 atom stereocenters. The van der Waals surface area contributed by atoms with Crippen LogP contribution < -0.4 is 16.4 Å². The third-order valence-corrected chi connectivity index (χ3v) is 7.17. The minimum atomic E-state index is -1.48. The van der Waals surface area contributed by atoms with Gasteiger partial charge in [-0.25, -0.2) is 4.79 Å². The largest absolute Gasteiger partial charge is 0.508 e. The Bertz CT molecular complexity index is 962. The van der Waals surface area contributed by atoms with Crippen molar-refractivity contribution in [1.29, 1.82) is 0 Å². The van der Waals surface area contributed by atoms with E-state index in [2.05, 4.69) is 10.6 Å². The summed E-state index contributed by atoms with van der Waals surface area (Å²) in [5.41, 5.74) is 6.60. The molecule has 1 aromatic rings.